The molecule has 0 aliphatic carbocycles. The van der Waals surface area contributed by atoms with Gasteiger partial charge in [-0.15, -0.1) is 0 Å². The van der Waals surface area contributed by atoms with E-state index in [9.17, 15) is 9.59 Å². The van der Waals surface area contributed by atoms with Gasteiger partial charge < -0.3 is 14.5 Å². The van der Waals surface area contributed by atoms with Gasteiger partial charge in [-0.1, -0.05) is 12.1 Å². The van der Waals surface area contributed by atoms with E-state index in [2.05, 4.69) is 4.98 Å². The van der Waals surface area contributed by atoms with Crippen LogP contribution in [0.1, 0.15) is 17.3 Å². The quantitative estimate of drug-likeness (QED) is 0.706. The van der Waals surface area contributed by atoms with E-state index in [4.69, 9.17) is 4.74 Å². The van der Waals surface area contributed by atoms with Crippen molar-refractivity contribution in [2.45, 2.75) is 13.0 Å². The molecule has 1 atom stereocenters. The maximum Gasteiger partial charge on any atom is 0.254 e. The fourth-order valence-corrected chi connectivity index (χ4v) is 3.50. The molecule has 3 aromatic rings. The van der Waals surface area contributed by atoms with Gasteiger partial charge in [-0.3, -0.25) is 14.6 Å². The predicted molar refractivity (Wildman–Crippen MR) is 108 cm³/mol. The molecule has 1 saturated heterocycles. The summed E-state index contributed by atoms with van der Waals surface area (Å²) >= 11 is 0. The minimum Gasteiger partial charge on any atom is -0.497 e. The number of amides is 2. The number of anilines is 1. The van der Waals surface area contributed by atoms with Crippen LogP contribution in [0.15, 0.2) is 60.8 Å². The first-order valence-corrected chi connectivity index (χ1v) is 9.17. The Labute approximate surface area is 163 Å². The molecule has 0 unspecified atom stereocenters. The molecule has 1 aromatic heterocycles. The monoisotopic (exact) mass is 375 g/mol. The molecule has 2 heterocycles. The maximum absolute atomic E-state index is 13.0. The summed E-state index contributed by atoms with van der Waals surface area (Å²) in [6, 6.07) is 16.5. The van der Waals surface area contributed by atoms with Crippen molar-refractivity contribution in [3.8, 4) is 5.75 Å². The van der Waals surface area contributed by atoms with Crippen molar-refractivity contribution in [2.24, 2.45) is 0 Å². The van der Waals surface area contributed by atoms with E-state index in [0.29, 0.717) is 12.1 Å². The minimum atomic E-state index is -0.150. The predicted octanol–water partition coefficient (Wildman–Crippen LogP) is 3.12. The minimum absolute atomic E-state index is 0.0479. The Balaban J connectivity index is 1.54. The van der Waals surface area contributed by atoms with Crippen molar-refractivity contribution in [1.82, 2.24) is 9.88 Å². The van der Waals surface area contributed by atoms with Crippen LogP contribution in [0.5, 0.6) is 5.75 Å². The summed E-state index contributed by atoms with van der Waals surface area (Å²) in [5.41, 5.74) is 2.12. The van der Waals surface area contributed by atoms with Crippen molar-refractivity contribution >= 4 is 28.4 Å². The average Bonchev–Trinajstić information content (AvgIpc) is 2.74. The lowest BCUT2D eigenvalue weighted by atomic mass is 10.1. The first kappa shape index (κ1) is 18.0. The van der Waals surface area contributed by atoms with Gasteiger partial charge in [0.25, 0.3) is 5.91 Å². The molecule has 4 rings (SSSR count). The molecule has 6 heteroatoms. The van der Waals surface area contributed by atoms with Crippen LogP contribution in [0.2, 0.25) is 0 Å². The van der Waals surface area contributed by atoms with Gasteiger partial charge in [0.05, 0.1) is 12.6 Å². The lowest BCUT2D eigenvalue weighted by Crippen LogP contribution is -2.57. The molecule has 2 amide bonds. The number of nitrogens with zero attached hydrogens (tertiary/aromatic N) is 3. The number of piperazine rings is 1. The molecule has 142 valence electrons. The molecule has 1 aliphatic heterocycles. The Bertz CT molecular complexity index is 1030. The highest BCUT2D eigenvalue weighted by Gasteiger charge is 2.33. The molecule has 28 heavy (non-hydrogen) atoms. The Morgan fingerprint density at radius 2 is 1.93 bits per heavy atom. The second-order valence-corrected chi connectivity index (χ2v) is 6.90. The number of carbonyl (C=O) groups excluding carboxylic acids is 2. The lowest BCUT2D eigenvalue weighted by molar-refractivity contribution is -0.121. The number of carbonyl (C=O) groups is 2. The zero-order valence-electron chi connectivity index (χ0n) is 15.8. The fourth-order valence-electron chi connectivity index (χ4n) is 3.50. The van der Waals surface area contributed by atoms with Crippen molar-refractivity contribution in [3.05, 3.63) is 66.4 Å². The summed E-state index contributed by atoms with van der Waals surface area (Å²) in [4.78, 5) is 33.4. The summed E-state index contributed by atoms with van der Waals surface area (Å²) in [6.45, 7) is 2.45. The third kappa shape index (κ3) is 3.29. The van der Waals surface area contributed by atoms with E-state index in [1.807, 2.05) is 49.4 Å². The SMILES string of the molecule is COc1ccc(N2C[C@@H](C)N(C(=O)c3ccc4cccnc4c3)CC2=O)cc1. The number of hydrogen-bond donors (Lipinski definition) is 0. The van der Waals surface area contributed by atoms with Gasteiger partial charge in [0.2, 0.25) is 5.91 Å². The molecule has 1 fully saturated rings. The molecule has 0 radical (unpaired) electrons. The van der Waals surface area contributed by atoms with Crippen molar-refractivity contribution in [2.75, 3.05) is 25.1 Å². The number of pyridine rings is 1. The van der Waals surface area contributed by atoms with Crippen LogP contribution >= 0.6 is 0 Å². The molecule has 0 saturated carbocycles. The number of aromatic nitrogens is 1. The van der Waals surface area contributed by atoms with Gasteiger partial charge in [-0.25, -0.2) is 0 Å². The topological polar surface area (TPSA) is 62.7 Å². The molecule has 0 bridgehead atoms. The number of benzene rings is 2. The van der Waals surface area contributed by atoms with Gasteiger partial charge in [-0.2, -0.15) is 0 Å². The van der Waals surface area contributed by atoms with E-state index in [1.54, 1.807) is 35.2 Å². The fraction of sp³-hybridized carbons (Fsp3) is 0.227. The molecular formula is C22H21N3O3. The van der Waals surface area contributed by atoms with Crippen LogP contribution in [0.3, 0.4) is 0 Å². The largest absolute Gasteiger partial charge is 0.497 e. The first-order chi connectivity index (χ1) is 13.6. The highest BCUT2D eigenvalue weighted by Crippen LogP contribution is 2.24. The third-order valence-electron chi connectivity index (χ3n) is 5.08. The Kier molecular flexibility index (Phi) is 4.69. The van der Waals surface area contributed by atoms with E-state index in [1.165, 1.54) is 0 Å². The summed E-state index contributed by atoms with van der Waals surface area (Å²) in [7, 11) is 1.61. The van der Waals surface area contributed by atoms with Crippen molar-refractivity contribution < 1.29 is 14.3 Å². The number of rotatable bonds is 3. The van der Waals surface area contributed by atoms with Crippen LogP contribution in [0, 0.1) is 0 Å². The molecule has 2 aromatic carbocycles. The van der Waals surface area contributed by atoms with E-state index in [0.717, 1.165) is 22.3 Å². The maximum atomic E-state index is 13.0. The van der Waals surface area contributed by atoms with Crippen LogP contribution in [-0.2, 0) is 4.79 Å². The first-order valence-electron chi connectivity index (χ1n) is 9.17. The van der Waals surface area contributed by atoms with Crippen molar-refractivity contribution in [1.29, 1.82) is 0 Å². The zero-order chi connectivity index (χ0) is 19.7. The van der Waals surface area contributed by atoms with Crippen LogP contribution in [-0.4, -0.2) is 47.9 Å². The number of hydrogen-bond acceptors (Lipinski definition) is 4. The smallest absolute Gasteiger partial charge is 0.254 e. The Morgan fingerprint density at radius 1 is 1.14 bits per heavy atom. The lowest BCUT2D eigenvalue weighted by Gasteiger charge is -2.39. The normalized spacial score (nSPS) is 17.1. The van der Waals surface area contributed by atoms with Crippen LogP contribution in [0.25, 0.3) is 10.9 Å². The standard InChI is InChI=1S/C22H21N3O3/c1-15-13-25(18-7-9-19(28-2)10-8-18)21(26)14-24(15)22(27)17-6-5-16-4-3-11-23-20(16)12-17/h3-12,15H,13-14H2,1-2H3/t15-/m1/s1. The summed E-state index contributed by atoms with van der Waals surface area (Å²) in [6.07, 6.45) is 1.70. The average molecular weight is 375 g/mol. The molecule has 0 spiro atoms. The van der Waals surface area contributed by atoms with Gasteiger partial charge in [0, 0.05) is 35.4 Å². The highest BCUT2D eigenvalue weighted by atomic mass is 16.5. The van der Waals surface area contributed by atoms with Gasteiger partial charge in [0.1, 0.15) is 12.3 Å². The van der Waals surface area contributed by atoms with Gasteiger partial charge in [-0.05, 0) is 49.4 Å². The van der Waals surface area contributed by atoms with Crippen LogP contribution in [0.4, 0.5) is 5.69 Å². The van der Waals surface area contributed by atoms with Crippen LogP contribution < -0.4 is 9.64 Å². The summed E-state index contributed by atoms with van der Waals surface area (Å²) in [5, 5.41) is 0.979. The second kappa shape index (κ2) is 7.31. The Morgan fingerprint density at radius 3 is 2.68 bits per heavy atom. The molecule has 0 N–H and O–H groups in total. The zero-order valence-corrected chi connectivity index (χ0v) is 15.8. The number of fused-ring (bicyclic) bond motifs is 1. The molecular weight excluding hydrogens is 354 g/mol. The summed E-state index contributed by atoms with van der Waals surface area (Å²) < 4.78 is 5.17. The Hall–Kier alpha value is -3.41. The third-order valence-corrected chi connectivity index (χ3v) is 5.08. The van der Waals surface area contributed by atoms with Gasteiger partial charge >= 0.3 is 0 Å². The van der Waals surface area contributed by atoms with E-state index >= 15 is 0 Å². The number of ether oxygens (including phenoxy) is 1. The highest BCUT2D eigenvalue weighted by molar-refractivity contribution is 6.03. The van der Waals surface area contributed by atoms with Gasteiger partial charge in [0.15, 0.2) is 0 Å². The van der Waals surface area contributed by atoms with Crippen molar-refractivity contribution in [3.63, 3.8) is 0 Å². The van der Waals surface area contributed by atoms with E-state index < -0.39 is 0 Å². The van der Waals surface area contributed by atoms with E-state index in [-0.39, 0.29) is 24.4 Å². The molecule has 1 aliphatic rings. The molecule has 6 nitrogen and oxygen atoms in total. The number of methoxy groups -OCH3 is 1. The summed E-state index contributed by atoms with van der Waals surface area (Å²) in [5.74, 6) is 0.487. The second-order valence-electron chi connectivity index (χ2n) is 6.90.